The second-order valence-electron chi connectivity index (χ2n) is 3.98. The van der Waals surface area contributed by atoms with Crippen LogP contribution >= 0.6 is 23.2 Å². The summed E-state index contributed by atoms with van der Waals surface area (Å²) >= 11 is 12.1. The van der Waals surface area contributed by atoms with Crippen LogP contribution in [0.1, 0.15) is 25.0 Å². The van der Waals surface area contributed by atoms with Crippen molar-refractivity contribution in [3.05, 3.63) is 35.0 Å². The van der Waals surface area contributed by atoms with E-state index in [1.807, 2.05) is 24.3 Å². The summed E-state index contributed by atoms with van der Waals surface area (Å²) in [5.74, 6) is 1.16. The van der Waals surface area contributed by atoms with Gasteiger partial charge in [-0.15, -0.1) is 11.6 Å². The summed E-state index contributed by atoms with van der Waals surface area (Å²) in [7, 11) is 0. The molecule has 3 heteroatoms. The smallest absolute Gasteiger partial charge is 0.134 e. The molecule has 0 bridgehead atoms. The molecule has 0 spiro atoms. The maximum Gasteiger partial charge on any atom is 0.134 e. The Hall–Kier alpha value is -0.660. The maximum absolute atomic E-state index is 6.23. The van der Waals surface area contributed by atoms with Gasteiger partial charge < -0.3 is 4.42 Å². The normalized spacial score (nSPS) is 13.7. The number of hydrogen-bond acceptors (Lipinski definition) is 1. The van der Waals surface area contributed by atoms with E-state index in [1.165, 1.54) is 0 Å². The van der Waals surface area contributed by atoms with Crippen molar-refractivity contribution in [2.75, 3.05) is 0 Å². The average molecular weight is 243 g/mol. The molecular formula is C12H12Cl2O. The van der Waals surface area contributed by atoms with Gasteiger partial charge in [-0.25, -0.2) is 0 Å². The molecule has 15 heavy (non-hydrogen) atoms. The zero-order chi connectivity index (χ0) is 11.0. The Balaban J connectivity index is 2.47. The first-order chi connectivity index (χ1) is 7.08. The number of alkyl halides is 1. The summed E-state index contributed by atoms with van der Waals surface area (Å²) in [6.45, 7) is 4.13. The van der Waals surface area contributed by atoms with Crippen LogP contribution in [0.15, 0.2) is 28.7 Å². The van der Waals surface area contributed by atoms with E-state index in [1.54, 1.807) is 0 Å². The lowest BCUT2D eigenvalue weighted by molar-refractivity contribution is 0.487. The number of hydrogen-bond donors (Lipinski definition) is 0. The third-order valence-electron chi connectivity index (χ3n) is 2.35. The molecule has 0 aliphatic carbocycles. The van der Waals surface area contributed by atoms with E-state index in [0.717, 1.165) is 16.7 Å². The van der Waals surface area contributed by atoms with Crippen LogP contribution in [-0.2, 0) is 0 Å². The van der Waals surface area contributed by atoms with E-state index < -0.39 is 0 Å². The van der Waals surface area contributed by atoms with Gasteiger partial charge in [-0.1, -0.05) is 25.4 Å². The quantitative estimate of drug-likeness (QED) is 0.675. The summed E-state index contributed by atoms with van der Waals surface area (Å²) in [5, 5.41) is 1.63. The summed E-state index contributed by atoms with van der Waals surface area (Å²) in [6, 6.07) is 7.52. The van der Waals surface area contributed by atoms with E-state index in [0.29, 0.717) is 10.9 Å². The van der Waals surface area contributed by atoms with Crippen molar-refractivity contribution in [1.82, 2.24) is 0 Å². The van der Waals surface area contributed by atoms with Gasteiger partial charge in [0.25, 0.3) is 0 Å². The fraction of sp³-hybridized carbons (Fsp3) is 0.333. The molecule has 1 atom stereocenters. The average Bonchev–Trinajstić information content (AvgIpc) is 2.58. The molecule has 1 nitrogen and oxygen atoms in total. The van der Waals surface area contributed by atoms with Crippen LogP contribution in [0.2, 0.25) is 5.02 Å². The van der Waals surface area contributed by atoms with Gasteiger partial charge in [-0.3, -0.25) is 0 Å². The first-order valence-electron chi connectivity index (χ1n) is 4.91. The zero-order valence-corrected chi connectivity index (χ0v) is 10.1. The Kier molecular flexibility index (Phi) is 2.94. The summed E-state index contributed by atoms with van der Waals surface area (Å²) < 4.78 is 5.66. The molecule has 0 aliphatic heterocycles. The third-order valence-corrected chi connectivity index (χ3v) is 3.31. The van der Waals surface area contributed by atoms with Crippen molar-refractivity contribution in [2.45, 2.75) is 19.2 Å². The molecule has 1 unspecified atom stereocenters. The molecule has 0 fully saturated rings. The standard InChI is InChI=1S/C12H12Cl2O/c1-7(2)12(14)11-6-8-5-9(13)3-4-10(8)15-11/h3-7,12H,1-2H3. The minimum absolute atomic E-state index is 0.0869. The highest BCUT2D eigenvalue weighted by molar-refractivity contribution is 6.31. The highest BCUT2D eigenvalue weighted by atomic mass is 35.5. The van der Waals surface area contributed by atoms with Crippen LogP contribution in [0.5, 0.6) is 0 Å². The second-order valence-corrected chi connectivity index (χ2v) is 4.88. The van der Waals surface area contributed by atoms with Crippen molar-refractivity contribution in [2.24, 2.45) is 5.92 Å². The second kappa shape index (κ2) is 4.07. The minimum atomic E-state index is -0.0869. The van der Waals surface area contributed by atoms with E-state index in [9.17, 15) is 0 Å². The predicted octanol–water partition coefficient (Wildman–Crippen LogP) is 5.02. The van der Waals surface area contributed by atoms with Gasteiger partial charge in [0, 0.05) is 10.4 Å². The first kappa shape index (κ1) is 10.8. The third kappa shape index (κ3) is 2.14. The topological polar surface area (TPSA) is 13.1 Å². The fourth-order valence-electron chi connectivity index (χ4n) is 1.50. The summed E-state index contributed by atoms with van der Waals surface area (Å²) in [6.07, 6.45) is 0. The number of benzene rings is 1. The lowest BCUT2D eigenvalue weighted by atomic mass is 10.1. The highest BCUT2D eigenvalue weighted by Gasteiger charge is 2.17. The summed E-state index contributed by atoms with van der Waals surface area (Å²) in [5.41, 5.74) is 0.834. The van der Waals surface area contributed by atoms with Crippen LogP contribution in [0, 0.1) is 5.92 Å². The molecule has 80 valence electrons. The molecule has 0 amide bonds. The van der Waals surface area contributed by atoms with Crippen LogP contribution in [0.3, 0.4) is 0 Å². The number of rotatable bonds is 2. The van der Waals surface area contributed by atoms with Gasteiger partial charge in [0.05, 0.1) is 5.38 Å². The molecule has 2 rings (SSSR count). The van der Waals surface area contributed by atoms with Gasteiger partial charge in [-0.05, 0) is 30.2 Å². The number of halogens is 2. The Labute approximate surface area is 99.0 Å². The van der Waals surface area contributed by atoms with Crippen LogP contribution in [0.25, 0.3) is 11.0 Å². The fourth-order valence-corrected chi connectivity index (χ4v) is 1.79. The molecule has 0 saturated carbocycles. The van der Waals surface area contributed by atoms with Gasteiger partial charge in [0.1, 0.15) is 11.3 Å². The molecule has 0 radical (unpaired) electrons. The van der Waals surface area contributed by atoms with Crippen molar-refractivity contribution >= 4 is 34.2 Å². The molecule has 1 aromatic carbocycles. The highest BCUT2D eigenvalue weighted by Crippen LogP contribution is 2.33. The van der Waals surface area contributed by atoms with Gasteiger partial charge >= 0.3 is 0 Å². The predicted molar refractivity (Wildman–Crippen MR) is 64.7 cm³/mol. The van der Waals surface area contributed by atoms with Crippen LogP contribution < -0.4 is 0 Å². The Morgan fingerprint density at radius 3 is 2.60 bits per heavy atom. The Morgan fingerprint density at radius 2 is 1.93 bits per heavy atom. The molecule has 1 heterocycles. The van der Waals surface area contributed by atoms with Gasteiger partial charge in [0.2, 0.25) is 0 Å². The number of furan rings is 1. The van der Waals surface area contributed by atoms with Crippen molar-refractivity contribution < 1.29 is 4.42 Å². The molecule has 2 aromatic rings. The Bertz CT molecular complexity index is 473. The van der Waals surface area contributed by atoms with Crippen molar-refractivity contribution in [3.63, 3.8) is 0 Å². The molecule has 1 aromatic heterocycles. The van der Waals surface area contributed by atoms with E-state index in [4.69, 9.17) is 27.6 Å². The van der Waals surface area contributed by atoms with Crippen molar-refractivity contribution in [3.8, 4) is 0 Å². The van der Waals surface area contributed by atoms with E-state index >= 15 is 0 Å². The molecule has 0 aliphatic rings. The monoisotopic (exact) mass is 242 g/mol. The Morgan fingerprint density at radius 1 is 1.20 bits per heavy atom. The number of fused-ring (bicyclic) bond motifs is 1. The lowest BCUT2D eigenvalue weighted by Crippen LogP contribution is -1.96. The van der Waals surface area contributed by atoms with Crippen LogP contribution in [0.4, 0.5) is 0 Å². The molecular weight excluding hydrogens is 231 g/mol. The summed E-state index contributed by atoms with van der Waals surface area (Å²) in [4.78, 5) is 0. The zero-order valence-electron chi connectivity index (χ0n) is 8.63. The molecule has 0 saturated heterocycles. The largest absolute Gasteiger partial charge is 0.459 e. The first-order valence-corrected chi connectivity index (χ1v) is 5.72. The maximum atomic E-state index is 6.23. The minimum Gasteiger partial charge on any atom is -0.459 e. The SMILES string of the molecule is CC(C)C(Cl)c1cc2cc(Cl)ccc2o1. The van der Waals surface area contributed by atoms with E-state index in [-0.39, 0.29) is 5.38 Å². The van der Waals surface area contributed by atoms with Gasteiger partial charge in [-0.2, -0.15) is 0 Å². The molecule has 0 N–H and O–H groups in total. The van der Waals surface area contributed by atoms with Gasteiger partial charge in [0.15, 0.2) is 0 Å². The van der Waals surface area contributed by atoms with Crippen molar-refractivity contribution in [1.29, 1.82) is 0 Å². The van der Waals surface area contributed by atoms with Crippen LogP contribution in [-0.4, -0.2) is 0 Å². The lowest BCUT2D eigenvalue weighted by Gasteiger charge is -2.08. The van der Waals surface area contributed by atoms with E-state index in [2.05, 4.69) is 13.8 Å².